The first-order valence-electron chi connectivity index (χ1n) is 4.47. The van der Waals surface area contributed by atoms with Crippen LogP contribution in [0.2, 0.25) is 0 Å². The van der Waals surface area contributed by atoms with E-state index >= 15 is 0 Å². The van der Waals surface area contributed by atoms with Crippen molar-refractivity contribution in [2.75, 3.05) is 5.75 Å². The Morgan fingerprint density at radius 2 is 2.00 bits per heavy atom. The predicted octanol–water partition coefficient (Wildman–Crippen LogP) is 1.98. The summed E-state index contributed by atoms with van der Waals surface area (Å²) in [5.74, 6) is 0.368. The van der Waals surface area contributed by atoms with Crippen molar-refractivity contribution in [3.63, 3.8) is 0 Å². The molecule has 3 nitrogen and oxygen atoms in total. The smallest absolute Gasteiger partial charge is 0.321 e. The van der Waals surface area contributed by atoms with Gasteiger partial charge in [-0.1, -0.05) is 51.9 Å². The van der Waals surface area contributed by atoms with E-state index in [1.807, 2.05) is 30.3 Å². The molecule has 0 saturated carbocycles. The number of carbonyl (C=O) groups is 1. The second kappa shape index (κ2) is 6.76. The van der Waals surface area contributed by atoms with E-state index in [1.165, 1.54) is 16.4 Å². The Bertz CT molecular complexity index is 306. The number of hydrogen-bond donors (Lipinski definition) is 2. The average Bonchev–Trinajstić information content (AvgIpc) is 2.25. The maximum absolute atomic E-state index is 10.4. The topological polar surface area (TPSA) is 63.3 Å². The summed E-state index contributed by atoms with van der Waals surface area (Å²) in [6, 6.07) is 9.28. The van der Waals surface area contributed by atoms with Crippen LogP contribution in [0.15, 0.2) is 30.3 Å². The standard InChI is InChI=1S/C10H13NO2S2/c11-9(10(12)13)7-15-14-6-8-4-2-1-3-5-8/h1-5,9H,6-7,11H2,(H,12,13)/t9-/m1/s1. The molecule has 0 aliphatic heterocycles. The lowest BCUT2D eigenvalue weighted by Crippen LogP contribution is -2.32. The lowest BCUT2D eigenvalue weighted by molar-refractivity contribution is -0.137. The molecule has 0 amide bonds. The second-order valence-electron chi connectivity index (χ2n) is 2.98. The number of aliphatic carboxylic acids is 1. The molecule has 1 aromatic carbocycles. The van der Waals surface area contributed by atoms with E-state index in [0.29, 0.717) is 5.75 Å². The van der Waals surface area contributed by atoms with Crippen LogP contribution in [0.5, 0.6) is 0 Å². The quantitative estimate of drug-likeness (QED) is 0.591. The summed E-state index contributed by atoms with van der Waals surface area (Å²) >= 11 is 0. The molecule has 1 rings (SSSR count). The highest BCUT2D eigenvalue weighted by Gasteiger charge is 2.10. The summed E-state index contributed by atoms with van der Waals surface area (Å²) in [6.45, 7) is 0. The minimum atomic E-state index is -0.942. The highest BCUT2D eigenvalue weighted by molar-refractivity contribution is 8.76. The summed E-state index contributed by atoms with van der Waals surface area (Å²) in [4.78, 5) is 10.4. The van der Waals surface area contributed by atoms with Crippen LogP contribution in [0.1, 0.15) is 5.56 Å². The maximum Gasteiger partial charge on any atom is 0.321 e. The van der Waals surface area contributed by atoms with E-state index < -0.39 is 12.0 Å². The molecular weight excluding hydrogens is 230 g/mol. The normalized spacial score (nSPS) is 12.3. The van der Waals surface area contributed by atoms with Gasteiger partial charge in [0.25, 0.3) is 0 Å². The van der Waals surface area contributed by atoms with Gasteiger partial charge in [0, 0.05) is 11.5 Å². The zero-order chi connectivity index (χ0) is 11.1. The Labute approximate surface area is 96.8 Å². The average molecular weight is 243 g/mol. The van der Waals surface area contributed by atoms with Crippen LogP contribution in [0.25, 0.3) is 0 Å². The zero-order valence-corrected chi connectivity index (χ0v) is 9.76. The third kappa shape index (κ3) is 5.11. The fraction of sp³-hybridized carbons (Fsp3) is 0.300. The van der Waals surface area contributed by atoms with Gasteiger partial charge in [0.05, 0.1) is 0 Å². The first kappa shape index (κ1) is 12.4. The zero-order valence-electron chi connectivity index (χ0n) is 8.13. The first-order valence-corrected chi connectivity index (χ1v) is 6.95. The molecule has 3 N–H and O–H groups in total. The third-order valence-electron chi connectivity index (χ3n) is 1.72. The van der Waals surface area contributed by atoms with Gasteiger partial charge in [0.1, 0.15) is 6.04 Å². The summed E-state index contributed by atoms with van der Waals surface area (Å²) in [6.07, 6.45) is 0. The van der Waals surface area contributed by atoms with Crippen LogP contribution in [-0.4, -0.2) is 22.9 Å². The second-order valence-corrected chi connectivity index (χ2v) is 5.48. The van der Waals surface area contributed by atoms with E-state index in [4.69, 9.17) is 10.8 Å². The molecule has 0 heterocycles. The molecule has 1 aromatic rings. The van der Waals surface area contributed by atoms with Gasteiger partial charge in [-0.2, -0.15) is 0 Å². The van der Waals surface area contributed by atoms with Crippen molar-refractivity contribution in [1.82, 2.24) is 0 Å². The van der Waals surface area contributed by atoms with Gasteiger partial charge >= 0.3 is 5.97 Å². The van der Waals surface area contributed by atoms with Crippen LogP contribution in [0.3, 0.4) is 0 Å². The summed E-state index contributed by atoms with van der Waals surface area (Å²) in [5.41, 5.74) is 6.60. The Kier molecular flexibility index (Phi) is 5.60. The van der Waals surface area contributed by atoms with Gasteiger partial charge in [-0.25, -0.2) is 0 Å². The van der Waals surface area contributed by atoms with Crippen molar-refractivity contribution < 1.29 is 9.90 Å². The molecular formula is C10H13NO2S2. The largest absolute Gasteiger partial charge is 0.480 e. The van der Waals surface area contributed by atoms with Crippen molar-refractivity contribution in [2.24, 2.45) is 5.73 Å². The Morgan fingerprint density at radius 1 is 1.33 bits per heavy atom. The summed E-state index contributed by atoms with van der Waals surface area (Å²) in [5, 5.41) is 8.55. The van der Waals surface area contributed by atoms with Crippen LogP contribution in [-0.2, 0) is 10.5 Å². The number of hydrogen-bond acceptors (Lipinski definition) is 4. The van der Waals surface area contributed by atoms with Gasteiger partial charge < -0.3 is 10.8 Å². The molecule has 0 spiro atoms. The Balaban J connectivity index is 2.15. The van der Waals surface area contributed by atoms with E-state index in [0.717, 1.165) is 5.75 Å². The minimum absolute atomic E-state index is 0.437. The van der Waals surface area contributed by atoms with Crippen molar-refractivity contribution >= 4 is 27.6 Å². The van der Waals surface area contributed by atoms with Crippen molar-refractivity contribution in [3.05, 3.63) is 35.9 Å². The van der Waals surface area contributed by atoms with Crippen molar-refractivity contribution in [2.45, 2.75) is 11.8 Å². The van der Waals surface area contributed by atoms with Crippen LogP contribution in [0.4, 0.5) is 0 Å². The Hall–Kier alpha value is -0.650. The maximum atomic E-state index is 10.4. The molecule has 15 heavy (non-hydrogen) atoms. The molecule has 5 heteroatoms. The lowest BCUT2D eigenvalue weighted by Gasteiger charge is -2.05. The summed E-state index contributed by atoms with van der Waals surface area (Å²) < 4.78 is 0. The highest BCUT2D eigenvalue weighted by atomic mass is 33.1. The van der Waals surface area contributed by atoms with Gasteiger partial charge in [-0.15, -0.1) is 0 Å². The number of nitrogens with two attached hydrogens (primary N) is 1. The Morgan fingerprint density at radius 3 is 2.60 bits per heavy atom. The molecule has 0 aromatic heterocycles. The molecule has 0 aliphatic rings. The fourth-order valence-electron chi connectivity index (χ4n) is 0.877. The molecule has 82 valence electrons. The third-order valence-corrected chi connectivity index (χ3v) is 4.09. The molecule has 0 aliphatic carbocycles. The number of carboxylic acids is 1. The molecule has 0 radical (unpaired) electrons. The van der Waals surface area contributed by atoms with E-state index in [2.05, 4.69) is 0 Å². The van der Waals surface area contributed by atoms with Gasteiger partial charge in [0.15, 0.2) is 0 Å². The highest BCUT2D eigenvalue weighted by Crippen LogP contribution is 2.25. The summed E-state index contributed by atoms with van der Waals surface area (Å²) in [7, 11) is 3.12. The number of carboxylic acid groups (broad SMARTS) is 1. The van der Waals surface area contributed by atoms with Gasteiger partial charge in [0.2, 0.25) is 0 Å². The number of rotatable bonds is 6. The minimum Gasteiger partial charge on any atom is -0.480 e. The van der Waals surface area contributed by atoms with Crippen molar-refractivity contribution in [3.8, 4) is 0 Å². The molecule has 0 fully saturated rings. The number of benzene rings is 1. The molecule has 0 saturated heterocycles. The van der Waals surface area contributed by atoms with Crippen LogP contribution >= 0.6 is 21.6 Å². The predicted molar refractivity (Wildman–Crippen MR) is 65.8 cm³/mol. The van der Waals surface area contributed by atoms with E-state index in [-0.39, 0.29) is 0 Å². The molecule has 0 unspecified atom stereocenters. The first-order chi connectivity index (χ1) is 7.20. The van der Waals surface area contributed by atoms with Crippen LogP contribution in [0, 0.1) is 0 Å². The van der Waals surface area contributed by atoms with Gasteiger partial charge in [-0.05, 0) is 5.56 Å². The fourth-order valence-corrected chi connectivity index (χ4v) is 3.06. The van der Waals surface area contributed by atoms with E-state index in [1.54, 1.807) is 10.8 Å². The van der Waals surface area contributed by atoms with Crippen molar-refractivity contribution in [1.29, 1.82) is 0 Å². The molecule has 1 atom stereocenters. The van der Waals surface area contributed by atoms with Gasteiger partial charge in [-0.3, -0.25) is 4.79 Å². The van der Waals surface area contributed by atoms with E-state index in [9.17, 15) is 4.79 Å². The molecule has 0 bridgehead atoms. The monoisotopic (exact) mass is 243 g/mol. The lowest BCUT2D eigenvalue weighted by atomic mass is 10.2. The SMILES string of the molecule is N[C@H](CSSCc1ccccc1)C(=O)O. The van der Waals surface area contributed by atoms with Crippen LogP contribution < -0.4 is 5.73 Å².